The van der Waals surface area contributed by atoms with Crippen LogP contribution in [0.5, 0.6) is 0 Å². The van der Waals surface area contributed by atoms with Gasteiger partial charge in [-0.05, 0) is 46.4 Å². The topological polar surface area (TPSA) is 56.8 Å². The summed E-state index contributed by atoms with van der Waals surface area (Å²) >= 11 is 0. The molecule has 2 N–H and O–H groups in total. The van der Waals surface area contributed by atoms with E-state index >= 15 is 0 Å². The molecule has 1 unspecified atom stereocenters. The second-order valence-corrected chi connectivity index (χ2v) is 10.9. The molecule has 0 saturated carbocycles. The molecular formula is C35H42N4O2. The summed E-state index contributed by atoms with van der Waals surface area (Å²) in [5.74, 6) is 0. The highest BCUT2D eigenvalue weighted by Crippen LogP contribution is 2.24. The lowest BCUT2D eigenvalue weighted by Crippen LogP contribution is -2.43. The fourth-order valence-corrected chi connectivity index (χ4v) is 5.47. The molecular weight excluding hydrogens is 508 g/mol. The highest BCUT2D eigenvalue weighted by Gasteiger charge is 2.19. The van der Waals surface area contributed by atoms with Crippen molar-refractivity contribution in [2.45, 2.75) is 39.0 Å². The maximum Gasteiger partial charge on any atom is 0.318 e. The van der Waals surface area contributed by atoms with Crippen molar-refractivity contribution in [2.24, 2.45) is 0 Å². The molecule has 6 nitrogen and oxygen atoms in total. The van der Waals surface area contributed by atoms with Gasteiger partial charge in [0.2, 0.25) is 0 Å². The number of fused-ring (bicyclic) bond motifs is 1. The standard InChI is InChI=1S/C35H42N4O2/c1-28(33-14-7-12-32-11-5-6-13-34(32)33)37-35(40)39(20-8-19-38-21-23-41-24-22-38)27-31-17-15-30(16-18-31)26-36-25-29-9-3-2-4-10-29/h2-7,9-18,28,36H,8,19-27H2,1H3,(H,37,40). The van der Waals surface area contributed by atoms with Gasteiger partial charge in [-0.1, -0.05) is 97.1 Å². The summed E-state index contributed by atoms with van der Waals surface area (Å²) in [6.45, 7) is 9.48. The quantitative estimate of drug-likeness (QED) is 0.223. The third-order valence-electron chi connectivity index (χ3n) is 7.82. The summed E-state index contributed by atoms with van der Waals surface area (Å²) < 4.78 is 5.50. The van der Waals surface area contributed by atoms with E-state index in [9.17, 15) is 4.79 Å². The average molecular weight is 551 g/mol. The minimum Gasteiger partial charge on any atom is -0.379 e. The van der Waals surface area contributed by atoms with Gasteiger partial charge in [0.05, 0.1) is 19.3 Å². The number of rotatable bonds is 12. The van der Waals surface area contributed by atoms with Crippen molar-refractivity contribution in [2.75, 3.05) is 39.4 Å². The number of urea groups is 1. The molecule has 0 spiro atoms. The second kappa shape index (κ2) is 14.8. The van der Waals surface area contributed by atoms with E-state index in [1.807, 2.05) is 11.0 Å². The zero-order chi connectivity index (χ0) is 28.3. The number of hydrogen-bond acceptors (Lipinski definition) is 4. The fourth-order valence-electron chi connectivity index (χ4n) is 5.47. The van der Waals surface area contributed by atoms with Gasteiger partial charge in [-0.25, -0.2) is 4.79 Å². The number of benzene rings is 4. The minimum atomic E-state index is -0.103. The van der Waals surface area contributed by atoms with Crippen molar-refractivity contribution in [1.29, 1.82) is 0 Å². The molecule has 5 rings (SSSR count). The molecule has 0 aromatic heterocycles. The van der Waals surface area contributed by atoms with Gasteiger partial charge < -0.3 is 20.3 Å². The Bertz CT molecular complexity index is 1360. The Hall–Kier alpha value is -3.71. The van der Waals surface area contributed by atoms with E-state index in [-0.39, 0.29) is 12.1 Å². The number of hydrogen-bond donors (Lipinski definition) is 2. The third-order valence-corrected chi connectivity index (χ3v) is 7.82. The molecule has 6 heteroatoms. The van der Waals surface area contributed by atoms with Gasteiger partial charge in [-0.2, -0.15) is 0 Å². The number of nitrogens with zero attached hydrogens (tertiary/aromatic N) is 2. The molecule has 2 amide bonds. The summed E-state index contributed by atoms with van der Waals surface area (Å²) in [4.78, 5) is 18.1. The van der Waals surface area contributed by atoms with E-state index in [1.165, 1.54) is 21.9 Å². The molecule has 1 saturated heterocycles. The number of ether oxygens (including phenoxy) is 1. The molecule has 0 aliphatic carbocycles. The van der Waals surface area contributed by atoms with Crippen LogP contribution in [0.2, 0.25) is 0 Å². The lowest BCUT2D eigenvalue weighted by Gasteiger charge is -2.29. The normalized spacial score (nSPS) is 14.6. The predicted octanol–water partition coefficient (Wildman–Crippen LogP) is 6.12. The Morgan fingerprint density at radius 2 is 1.49 bits per heavy atom. The zero-order valence-corrected chi connectivity index (χ0v) is 24.1. The van der Waals surface area contributed by atoms with Crippen LogP contribution in [0, 0.1) is 0 Å². The van der Waals surface area contributed by atoms with Crippen molar-refractivity contribution in [3.63, 3.8) is 0 Å². The van der Waals surface area contributed by atoms with Crippen molar-refractivity contribution in [3.05, 3.63) is 119 Å². The Morgan fingerprint density at radius 3 is 2.27 bits per heavy atom. The van der Waals surface area contributed by atoms with Crippen LogP contribution >= 0.6 is 0 Å². The molecule has 1 fully saturated rings. The van der Waals surface area contributed by atoms with Crippen molar-refractivity contribution in [1.82, 2.24) is 20.4 Å². The first-order valence-corrected chi connectivity index (χ1v) is 14.8. The average Bonchev–Trinajstić information content (AvgIpc) is 3.02. The van der Waals surface area contributed by atoms with Crippen LogP contribution in [-0.2, 0) is 24.4 Å². The van der Waals surface area contributed by atoms with Crippen LogP contribution in [-0.4, -0.2) is 55.2 Å². The van der Waals surface area contributed by atoms with E-state index < -0.39 is 0 Å². The summed E-state index contributed by atoms with van der Waals surface area (Å²) in [6.07, 6.45) is 0.928. The molecule has 41 heavy (non-hydrogen) atoms. The van der Waals surface area contributed by atoms with Gasteiger partial charge in [0.1, 0.15) is 0 Å². The van der Waals surface area contributed by atoms with E-state index in [0.717, 1.165) is 63.5 Å². The van der Waals surface area contributed by atoms with E-state index in [0.29, 0.717) is 13.1 Å². The lowest BCUT2D eigenvalue weighted by molar-refractivity contribution is 0.0364. The monoisotopic (exact) mass is 550 g/mol. The molecule has 0 bridgehead atoms. The van der Waals surface area contributed by atoms with Gasteiger partial charge in [0, 0.05) is 45.8 Å². The summed E-state index contributed by atoms with van der Waals surface area (Å²) in [6, 6.07) is 33.6. The van der Waals surface area contributed by atoms with Crippen molar-refractivity contribution < 1.29 is 9.53 Å². The summed E-state index contributed by atoms with van der Waals surface area (Å²) in [7, 11) is 0. The third kappa shape index (κ3) is 8.40. The van der Waals surface area contributed by atoms with E-state index in [1.54, 1.807) is 0 Å². The Balaban J connectivity index is 1.21. The highest BCUT2D eigenvalue weighted by atomic mass is 16.5. The van der Waals surface area contributed by atoms with E-state index in [2.05, 4.69) is 113 Å². The maximum absolute atomic E-state index is 13.7. The largest absolute Gasteiger partial charge is 0.379 e. The second-order valence-electron chi connectivity index (χ2n) is 10.9. The number of amides is 2. The Labute approximate surface area is 244 Å². The number of carbonyl (C=O) groups excluding carboxylic acids is 1. The molecule has 1 atom stereocenters. The van der Waals surface area contributed by atoms with Crippen LogP contribution in [0.25, 0.3) is 10.8 Å². The van der Waals surface area contributed by atoms with Crippen LogP contribution < -0.4 is 10.6 Å². The van der Waals surface area contributed by atoms with Gasteiger partial charge in [-0.15, -0.1) is 0 Å². The first-order chi connectivity index (χ1) is 20.2. The van der Waals surface area contributed by atoms with Crippen molar-refractivity contribution >= 4 is 16.8 Å². The summed E-state index contributed by atoms with van der Waals surface area (Å²) in [5, 5.41) is 9.18. The number of morpholine rings is 1. The number of carbonyl (C=O) groups is 1. The van der Waals surface area contributed by atoms with Crippen LogP contribution in [0.4, 0.5) is 4.79 Å². The first kappa shape index (κ1) is 28.8. The minimum absolute atomic E-state index is 0.0268. The van der Waals surface area contributed by atoms with Gasteiger partial charge in [-0.3, -0.25) is 4.90 Å². The van der Waals surface area contributed by atoms with Crippen LogP contribution in [0.15, 0.2) is 97.1 Å². The highest BCUT2D eigenvalue weighted by molar-refractivity contribution is 5.86. The molecule has 4 aromatic carbocycles. The SMILES string of the molecule is CC(NC(=O)N(CCCN1CCOCC1)Cc1ccc(CNCc2ccccc2)cc1)c1cccc2ccccc12. The van der Waals surface area contributed by atoms with E-state index in [4.69, 9.17) is 4.74 Å². The molecule has 4 aromatic rings. The van der Waals surface area contributed by atoms with Crippen LogP contribution in [0.1, 0.15) is 41.6 Å². The van der Waals surface area contributed by atoms with Crippen LogP contribution in [0.3, 0.4) is 0 Å². The first-order valence-electron chi connectivity index (χ1n) is 14.8. The number of nitrogens with one attached hydrogen (secondary N) is 2. The molecule has 214 valence electrons. The van der Waals surface area contributed by atoms with Crippen molar-refractivity contribution in [3.8, 4) is 0 Å². The fraction of sp³-hybridized carbons (Fsp3) is 0.343. The van der Waals surface area contributed by atoms with Gasteiger partial charge >= 0.3 is 6.03 Å². The maximum atomic E-state index is 13.7. The zero-order valence-electron chi connectivity index (χ0n) is 24.1. The molecule has 1 aliphatic rings. The van der Waals surface area contributed by atoms with Gasteiger partial charge in [0.15, 0.2) is 0 Å². The summed E-state index contributed by atoms with van der Waals surface area (Å²) in [5.41, 5.74) is 4.78. The lowest BCUT2D eigenvalue weighted by atomic mass is 10.00. The Kier molecular flexibility index (Phi) is 10.4. The molecule has 1 heterocycles. The van der Waals surface area contributed by atoms with Gasteiger partial charge in [0.25, 0.3) is 0 Å². The predicted molar refractivity (Wildman–Crippen MR) is 167 cm³/mol. The molecule has 0 radical (unpaired) electrons. The smallest absolute Gasteiger partial charge is 0.318 e. The Morgan fingerprint density at radius 1 is 0.829 bits per heavy atom. The molecule has 1 aliphatic heterocycles.